The SMILES string of the molecule is Cc1cc(-c2c(-c3cccc(C#N)c3)nn3ccc(N[C@@H]4COC[C@@H]4O)nc23)cc(Cl)n1. The van der Waals surface area contributed by atoms with Gasteiger partial charge in [-0.05, 0) is 42.8 Å². The largest absolute Gasteiger partial charge is 0.388 e. The third-order valence-corrected chi connectivity index (χ3v) is 5.54. The fourth-order valence-corrected chi connectivity index (χ4v) is 4.11. The summed E-state index contributed by atoms with van der Waals surface area (Å²) in [6.07, 6.45) is 1.22. The summed E-state index contributed by atoms with van der Waals surface area (Å²) < 4.78 is 7.02. The number of nitrogens with zero attached hydrogens (tertiary/aromatic N) is 5. The number of pyridine rings is 1. The first-order chi connectivity index (χ1) is 15.5. The Labute approximate surface area is 189 Å². The number of hydrogen-bond acceptors (Lipinski definition) is 7. The van der Waals surface area contributed by atoms with Crippen LogP contribution in [0.5, 0.6) is 0 Å². The van der Waals surface area contributed by atoms with Crippen molar-refractivity contribution in [3.05, 3.63) is 65.1 Å². The van der Waals surface area contributed by atoms with Crippen LogP contribution in [0.1, 0.15) is 11.3 Å². The number of nitrogens with one attached hydrogen (secondary N) is 1. The summed E-state index contributed by atoms with van der Waals surface area (Å²) in [4.78, 5) is 9.06. The number of aliphatic hydroxyl groups excluding tert-OH is 1. The predicted molar refractivity (Wildman–Crippen MR) is 120 cm³/mol. The molecular weight excluding hydrogens is 428 g/mol. The second-order valence-electron chi connectivity index (χ2n) is 7.67. The average Bonchev–Trinajstić information content (AvgIpc) is 3.36. The molecule has 3 aromatic heterocycles. The maximum absolute atomic E-state index is 10.1. The molecule has 1 fully saturated rings. The molecule has 0 radical (unpaired) electrons. The van der Waals surface area contributed by atoms with E-state index in [2.05, 4.69) is 16.4 Å². The molecule has 1 saturated heterocycles. The molecule has 32 heavy (non-hydrogen) atoms. The second kappa shape index (κ2) is 8.20. The van der Waals surface area contributed by atoms with E-state index in [1.807, 2.05) is 31.3 Å². The molecular formula is C23H19ClN6O2. The Bertz CT molecular complexity index is 1340. The summed E-state index contributed by atoms with van der Waals surface area (Å²) in [5, 5.41) is 27.8. The predicted octanol–water partition coefficient (Wildman–Crippen LogP) is 3.46. The quantitative estimate of drug-likeness (QED) is 0.462. The molecule has 0 saturated carbocycles. The van der Waals surface area contributed by atoms with Gasteiger partial charge in [0.05, 0.1) is 42.6 Å². The van der Waals surface area contributed by atoms with Crippen LogP contribution in [-0.2, 0) is 4.74 Å². The summed E-state index contributed by atoms with van der Waals surface area (Å²) in [6, 6.07) is 14.7. The van der Waals surface area contributed by atoms with Crippen LogP contribution in [-0.4, -0.2) is 50.0 Å². The number of halogens is 1. The Kier molecular flexibility index (Phi) is 5.23. The van der Waals surface area contributed by atoms with Crippen LogP contribution < -0.4 is 5.32 Å². The van der Waals surface area contributed by atoms with Gasteiger partial charge in [0, 0.05) is 17.5 Å². The number of fused-ring (bicyclic) bond motifs is 1. The Morgan fingerprint density at radius 3 is 2.81 bits per heavy atom. The lowest BCUT2D eigenvalue weighted by molar-refractivity contribution is 0.125. The summed E-state index contributed by atoms with van der Waals surface area (Å²) in [6.45, 7) is 2.58. The molecule has 0 bridgehead atoms. The zero-order valence-corrected chi connectivity index (χ0v) is 17.9. The molecule has 2 N–H and O–H groups in total. The third kappa shape index (κ3) is 3.78. The standard InChI is InChI=1S/C23H19ClN6O2/c1-13-7-16(9-19(24)26-13)21-22(15-4-2-3-14(8-15)10-25)29-30-6-5-20(28-23(21)30)27-17-11-32-12-18(17)31/h2-9,17-18,31H,11-12H2,1H3,(H,27,28)/t17-,18+/m1/s1. The number of aliphatic hydroxyl groups is 1. The van der Waals surface area contributed by atoms with Gasteiger partial charge in [-0.1, -0.05) is 23.7 Å². The lowest BCUT2D eigenvalue weighted by Gasteiger charge is -2.15. The van der Waals surface area contributed by atoms with E-state index in [9.17, 15) is 10.4 Å². The molecule has 0 spiro atoms. The van der Waals surface area contributed by atoms with Gasteiger partial charge < -0.3 is 15.2 Å². The van der Waals surface area contributed by atoms with Crippen LogP contribution in [0.2, 0.25) is 5.15 Å². The van der Waals surface area contributed by atoms with Crippen molar-refractivity contribution < 1.29 is 9.84 Å². The molecule has 5 rings (SSSR count). The van der Waals surface area contributed by atoms with Gasteiger partial charge in [-0.15, -0.1) is 0 Å². The minimum atomic E-state index is -0.594. The van der Waals surface area contributed by atoms with Crippen molar-refractivity contribution in [3.63, 3.8) is 0 Å². The van der Waals surface area contributed by atoms with Crippen molar-refractivity contribution in [2.45, 2.75) is 19.1 Å². The van der Waals surface area contributed by atoms with Crippen molar-refractivity contribution in [3.8, 4) is 28.5 Å². The smallest absolute Gasteiger partial charge is 0.165 e. The molecule has 1 aromatic carbocycles. The van der Waals surface area contributed by atoms with E-state index in [-0.39, 0.29) is 6.04 Å². The van der Waals surface area contributed by atoms with Crippen molar-refractivity contribution >= 4 is 23.1 Å². The highest BCUT2D eigenvalue weighted by molar-refractivity contribution is 6.29. The minimum Gasteiger partial charge on any atom is -0.388 e. The highest BCUT2D eigenvalue weighted by Gasteiger charge is 2.27. The van der Waals surface area contributed by atoms with Gasteiger partial charge in [0.2, 0.25) is 0 Å². The van der Waals surface area contributed by atoms with Gasteiger partial charge in [-0.3, -0.25) is 0 Å². The van der Waals surface area contributed by atoms with Crippen LogP contribution in [0.15, 0.2) is 48.7 Å². The van der Waals surface area contributed by atoms with Crippen LogP contribution in [0.25, 0.3) is 28.0 Å². The lowest BCUT2D eigenvalue weighted by Crippen LogP contribution is -2.32. The molecule has 0 aliphatic carbocycles. The number of rotatable bonds is 4. The maximum Gasteiger partial charge on any atom is 0.165 e. The first kappa shape index (κ1) is 20.4. The highest BCUT2D eigenvalue weighted by Crippen LogP contribution is 2.36. The molecule has 2 atom stereocenters. The summed E-state index contributed by atoms with van der Waals surface area (Å²) >= 11 is 6.27. The van der Waals surface area contributed by atoms with E-state index >= 15 is 0 Å². The van der Waals surface area contributed by atoms with E-state index < -0.39 is 6.10 Å². The fourth-order valence-electron chi connectivity index (χ4n) is 3.86. The molecule has 160 valence electrons. The Morgan fingerprint density at radius 2 is 2.06 bits per heavy atom. The fraction of sp³-hybridized carbons (Fsp3) is 0.217. The van der Waals surface area contributed by atoms with Crippen LogP contribution >= 0.6 is 11.6 Å². The number of nitriles is 1. The van der Waals surface area contributed by atoms with Crippen molar-refractivity contribution in [2.75, 3.05) is 18.5 Å². The molecule has 0 amide bonds. The number of benzene rings is 1. The molecule has 4 heterocycles. The van der Waals surface area contributed by atoms with Crippen molar-refractivity contribution in [1.82, 2.24) is 19.6 Å². The first-order valence-corrected chi connectivity index (χ1v) is 10.5. The second-order valence-corrected chi connectivity index (χ2v) is 8.06. The number of ether oxygens (including phenoxy) is 1. The van der Waals surface area contributed by atoms with Gasteiger partial charge in [0.1, 0.15) is 16.7 Å². The average molecular weight is 447 g/mol. The number of aromatic nitrogens is 4. The van der Waals surface area contributed by atoms with Crippen LogP contribution in [0.4, 0.5) is 5.82 Å². The van der Waals surface area contributed by atoms with Gasteiger partial charge in [0.15, 0.2) is 5.65 Å². The normalized spacial score (nSPS) is 18.1. The minimum absolute atomic E-state index is 0.235. The Balaban J connectivity index is 1.71. The first-order valence-electron chi connectivity index (χ1n) is 10.1. The monoisotopic (exact) mass is 446 g/mol. The molecule has 4 aromatic rings. The molecule has 0 unspecified atom stereocenters. The topological polar surface area (TPSA) is 108 Å². The van der Waals surface area contributed by atoms with Gasteiger partial charge in [0.25, 0.3) is 0 Å². The zero-order valence-electron chi connectivity index (χ0n) is 17.2. The number of aryl methyl sites for hydroxylation is 1. The Hall–Kier alpha value is -3.51. The van der Waals surface area contributed by atoms with Gasteiger partial charge in [-0.25, -0.2) is 14.5 Å². The Morgan fingerprint density at radius 1 is 1.19 bits per heavy atom. The third-order valence-electron chi connectivity index (χ3n) is 5.34. The number of hydrogen-bond donors (Lipinski definition) is 2. The summed E-state index contributed by atoms with van der Waals surface area (Å²) in [5.74, 6) is 0.599. The molecule has 1 aliphatic heterocycles. The summed E-state index contributed by atoms with van der Waals surface area (Å²) in [7, 11) is 0. The van der Waals surface area contributed by atoms with Gasteiger partial charge in [-0.2, -0.15) is 10.4 Å². The van der Waals surface area contributed by atoms with E-state index in [1.165, 1.54) is 0 Å². The maximum atomic E-state index is 10.1. The van der Waals surface area contributed by atoms with E-state index in [4.69, 9.17) is 26.4 Å². The molecule has 8 nitrogen and oxygen atoms in total. The zero-order chi connectivity index (χ0) is 22.2. The highest BCUT2D eigenvalue weighted by atomic mass is 35.5. The lowest BCUT2D eigenvalue weighted by atomic mass is 10.00. The van der Waals surface area contributed by atoms with E-state index in [0.29, 0.717) is 41.1 Å². The summed E-state index contributed by atoms with van der Waals surface area (Å²) in [5.41, 5.74) is 5.00. The van der Waals surface area contributed by atoms with Crippen molar-refractivity contribution in [2.24, 2.45) is 0 Å². The molecule has 1 aliphatic rings. The van der Waals surface area contributed by atoms with E-state index in [0.717, 1.165) is 22.4 Å². The van der Waals surface area contributed by atoms with E-state index in [1.54, 1.807) is 28.8 Å². The molecule has 9 heteroatoms. The van der Waals surface area contributed by atoms with Gasteiger partial charge >= 0.3 is 0 Å². The number of anilines is 1. The van der Waals surface area contributed by atoms with Crippen LogP contribution in [0, 0.1) is 18.3 Å². The van der Waals surface area contributed by atoms with Crippen LogP contribution in [0.3, 0.4) is 0 Å². The van der Waals surface area contributed by atoms with Crippen molar-refractivity contribution in [1.29, 1.82) is 5.26 Å².